The van der Waals surface area contributed by atoms with Crippen LogP contribution in [0, 0.1) is 6.92 Å². The van der Waals surface area contributed by atoms with Gasteiger partial charge in [-0.25, -0.2) is 0 Å². The highest BCUT2D eigenvalue weighted by molar-refractivity contribution is 6.30. The molecule has 1 aromatic carbocycles. The molecule has 0 bridgehead atoms. The second kappa shape index (κ2) is 5.41. The molecule has 2 aromatic rings. The van der Waals surface area contributed by atoms with Crippen molar-refractivity contribution in [2.24, 2.45) is 7.05 Å². The molecule has 21 heavy (non-hydrogen) atoms. The van der Waals surface area contributed by atoms with Crippen molar-refractivity contribution in [1.29, 1.82) is 0 Å². The number of amides is 1. The van der Waals surface area contributed by atoms with Gasteiger partial charge >= 0.3 is 0 Å². The number of aromatic nitrogens is 2. The van der Waals surface area contributed by atoms with Gasteiger partial charge in [0.15, 0.2) is 0 Å². The first-order chi connectivity index (χ1) is 10.1. The summed E-state index contributed by atoms with van der Waals surface area (Å²) < 4.78 is 7.26. The van der Waals surface area contributed by atoms with Crippen LogP contribution in [-0.4, -0.2) is 22.3 Å². The van der Waals surface area contributed by atoms with Crippen LogP contribution in [0.2, 0.25) is 5.15 Å². The lowest BCUT2D eigenvalue weighted by Crippen LogP contribution is -2.29. The number of anilines is 1. The molecular weight excluding hydrogens is 290 g/mol. The highest BCUT2D eigenvalue weighted by Gasteiger charge is 2.25. The number of carbonyl (C=O) groups is 1. The second-order valence-electron chi connectivity index (χ2n) is 5.02. The fraction of sp³-hybridized carbons (Fsp3) is 0.333. The third-order valence-corrected chi connectivity index (χ3v) is 4.09. The maximum absolute atomic E-state index is 12.4. The average molecular weight is 306 g/mol. The number of fused-ring (bicyclic) bond motifs is 1. The maximum Gasteiger partial charge on any atom is 0.230 e. The molecule has 6 heteroatoms. The number of halogens is 1. The molecule has 0 radical (unpaired) electrons. The predicted molar refractivity (Wildman–Crippen MR) is 80.7 cm³/mol. The Bertz CT molecular complexity index is 696. The summed E-state index contributed by atoms with van der Waals surface area (Å²) in [6.07, 6.45) is 0.353. The third-order valence-electron chi connectivity index (χ3n) is 3.62. The molecule has 0 aliphatic carbocycles. The molecule has 2 heterocycles. The molecular formula is C15H16ClN3O2. The fourth-order valence-corrected chi connectivity index (χ4v) is 2.74. The van der Waals surface area contributed by atoms with Crippen LogP contribution in [0.4, 0.5) is 5.69 Å². The Morgan fingerprint density at radius 3 is 2.86 bits per heavy atom. The van der Waals surface area contributed by atoms with E-state index < -0.39 is 0 Å². The zero-order valence-corrected chi connectivity index (χ0v) is 12.7. The van der Waals surface area contributed by atoms with Gasteiger partial charge in [-0.1, -0.05) is 23.7 Å². The van der Waals surface area contributed by atoms with Gasteiger partial charge in [-0.3, -0.25) is 9.48 Å². The van der Waals surface area contributed by atoms with Gasteiger partial charge < -0.3 is 9.64 Å². The zero-order valence-electron chi connectivity index (χ0n) is 12.0. The van der Waals surface area contributed by atoms with Crippen molar-refractivity contribution in [2.45, 2.75) is 19.9 Å². The van der Waals surface area contributed by atoms with E-state index in [9.17, 15) is 4.79 Å². The Morgan fingerprint density at radius 1 is 1.38 bits per heavy atom. The minimum atomic E-state index is 0.0271. The van der Waals surface area contributed by atoms with Gasteiger partial charge in [-0.05, 0) is 19.1 Å². The monoisotopic (exact) mass is 305 g/mol. The van der Waals surface area contributed by atoms with Gasteiger partial charge in [0.2, 0.25) is 5.91 Å². The van der Waals surface area contributed by atoms with E-state index in [-0.39, 0.29) is 5.91 Å². The molecule has 0 N–H and O–H groups in total. The normalized spacial score (nSPS) is 14.6. The lowest BCUT2D eigenvalue weighted by atomic mass is 10.2. The van der Waals surface area contributed by atoms with Gasteiger partial charge in [0.25, 0.3) is 0 Å². The average Bonchev–Trinajstić information content (AvgIpc) is 2.62. The number of carbonyl (C=O) groups excluding carboxylic acids is 1. The van der Waals surface area contributed by atoms with Crippen LogP contribution in [0.15, 0.2) is 24.3 Å². The van der Waals surface area contributed by atoms with Crippen molar-refractivity contribution in [2.75, 3.05) is 11.5 Å². The molecule has 0 fully saturated rings. The van der Waals surface area contributed by atoms with Crippen LogP contribution in [0.1, 0.15) is 17.7 Å². The highest BCUT2D eigenvalue weighted by Crippen LogP contribution is 2.33. The van der Waals surface area contributed by atoms with Crippen molar-refractivity contribution >= 4 is 23.2 Å². The standard InChI is InChI=1S/C15H16ClN3O2/c1-10-11(15(16)18(2)17-10)9-19-12-5-3-4-6-13(12)21-8-7-14(19)20/h3-6H,7-9H2,1-2H3. The van der Waals surface area contributed by atoms with Gasteiger partial charge in [-0.15, -0.1) is 0 Å². The number of hydrogen-bond acceptors (Lipinski definition) is 3. The van der Waals surface area contributed by atoms with E-state index in [0.717, 1.165) is 22.7 Å². The minimum absolute atomic E-state index is 0.0271. The number of ether oxygens (including phenoxy) is 1. The number of hydrogen-bond donors (Lipinski definition) is 0. The largest absolute Gasteiger partial charge is 0.491 e. The third kappa shape index (κ3) is 2.49. The van der Waals surface area contributed by atoms with Crippen molar-refractivity contribution in [3.8, 4) is 5.75 Å². The van der Waals surface area contributed by atoms with E-state index in [0.29, 0.717) is 24.7 Å². The molecule has 110 valence electrons. The summed E-state index contributed by atoms with van der Waals surface area (Å²) in [5.41, 5.74) is 2.47. The van der Waals surface area contributed by atoms with Gasteiger partial charge in [0, 0.05) is 12.6 Å². The quantitative estimate of drug-likeness (QED) is 0.857. The van der Waals surface area contributed by atoms with E-state index in [1.165, 1.54) is 0 Å². The lowest BCUT2D eigenvalue weighted by Gasteiger charge is -2.21. The van der Waals surface area contributed by atoms with Crippen LogP contribution in [0.3, 0.4) is 0 Å². The molecule has 1 aliphatic heterocycles. The summed E-state index contributed by atoms with van der Waals surface area (Å²) in [6.45, 7) is 2.69. The number of nitrogens with zero attached hydrogens (tertiary/aromatic N) is 3. The molecule has 0 atom stereocenters. The number of benzene rings is 1. The first-order valence-corrected chi connectivity index (χ1v) is 7.16. The van der Waals surface area contributed by atoms with E-state index in [1.54, 1.807) is 16.6 Å². The molecule has 0 saturated carbocycles. The summed E-state index contributed by atoms with van der Waals surface area (Å²) >= 11 is 6.28. The summed E-state index contributed by atoms with van der Waals surface area (Å²) in [7, 11) is 1.79. The van der Waals surface area contributed by atoms with Crippen LogP contribution in [-0.2, 0) is 18.4 Å². The van der Waals surface area contributed by atoms with Gasteiger partial charge in [-0.2, -0.15) is 5.10 Å². The van der Waals surface area contributed by atoms with Crippen LogP contribution >= 0.6 is 11.6 Å². The van der Waals surface area contributed by atoms with E-state index >= 15 is 0 Å². The summed E-state index contributed by atoms with van der Waals surface area (Å²) in [5.74, 6) is 0.750. The molecule has 0 saturated heterocycles. The molecule has 5 nitrogen and oxygen atoms in total. The van der Waals surface area contributed by atoms with Crippen LogP contribution in [0.25, 0.3) is 0 Å². The fourth-order valence-electron chi connectivity index (χ4n) is 2.50. The lowest BCUT2D eigenvalue weighted by molar-refractivity contribution is -0.118. The SMILES string of the molecule is Cc1nn(C)c(Cl)c1CN1C(=O)CCOc2ccccc21. The maximum atomic E-state index is 12.4. The summed E-state index contributed by atoms with van der Waals surface area (Å²) in [4.78, 5) is 14.1. The Kier molecular flexibility index (Phi) is 3.59. The Balaban J connectivity index is 2.02. The van der Waals surface area contributed by atoms with E-state index in [2.05, 4.69) is 5.10 Å². The van der Waals surface area contributed by atoms with Crippen LogP contribution < -0.4 is 9.64 Å². The minimum Gasteiger partial charge on any atom is -0.491 e. The molecule has 0 unspecified atom stereocenters. The number of aryl methyl sites for hydroxylation is 2. The van der Waals surface area contributed by atoms with Gasteiger partial charge in [0.1, 0.15) is 10.9 Å². The molecule has 0 spiro atoms. The second-order valence-corrected chi connectivity index (χ2v) is 5.38. The molecule has 3 rings (SSSR count). The highest BCUT2D eigenvalue weighted by atomic mass is 35.5. The summed E-state index contributed by atoms with van der Waals surface area (Å²) in [5, 5.41) is 4.85. The van der Waals surface area contributed by atoms with Gasteiger partial charge in [0.05, 0.1) is 31.0 Å². The Morgan fingerprint density at radius 2 is 2.14 bits per heavy atom. The smallest absolute Gasteiger partial charge is 0.230 e. The Hall–Kier alpha value is -2.01. The molecule has 1 aliphatic rings. The number of para-hydroxylation sites is 2. The van der Waals surface area contributed by atoms with Crippen molar-refractivity contribution < 1.29 is 9.53 Å². The predicted octanol–water partition coefficient (Wildman–Crippen LogP) is 2.70. The van der Waals surface area contributed by atoms with Crippen molar-refractivity contribution in [1.82, 2.24) is 9.78 Å². The molecule has 1 aromatic heterocycles. The van der Waals surface area contributed by atoms with E-state index in [1.807, 2.05) is 31.2 Å². The van der Waals surface area contributed by atoms with Crippen molar-refractivity contribution in [3.63, 3.8) is 0 Å². The van der Waals surface area contributed by atoms with Crippen LogP contribution in [0.5, 0.6) is 5.75 Å². The molecule has 1 amide bonds. The van der Waals surface area contributed by atoms with E-state index in [4.69, 9.17) is 16.3 Å². The first-order valence-electron chi connectivity index (χ1n) is 6.78. The number of rotatable bonds is 2. The topological polar surface area (TPSA) is 47.4 Å². The Labute approximate surface area is 128 Å². The summed E-state index contributed by atoms with van der Waals surface area (Å²) in [6, 6.07) is 7.55. The zero-order chi connectivity index (χ0) is 15.0. The first kappa shape index (κ1) is 13.9. The van der Waals surface area contributed by atoms with Crippen molar-refractivity contribution in [3.05, 3.63) is 40.7 Å².